The zero-order valence-corrected chi connectivity index (χ0v) is 25.4. The third kappa shape index (κ3) is 6.97. The van der Waals surface area contributed by atoms with Gasteiger partial charge in [0, 0.05) is 34.7 Å². The average molecular weight is 631 g/mol. The fourth-order valence-corrected chi connectivity index (χ4v) is 7.57. The summed E-state index contributed by atoms with van der Waals surface area (Å²) in [6.45, 7) is 1.70. The lowest BCUT2D eigenvalue weighted by atomic mass is 9.67. The maximum Gasteiger partial charge on any atom is 0.304 e. The normalized spacial score (nSPS) is 23.5. The third-order valence-corrected chi connectivity index (χ3v) is 10.0. The number of aliphatic carboxylic acids is 1. The Labute approximate surface area is 256 Å². The second-order valence-corrected chi connectivity index (χ2v) is 14.2. The Balaban J connectivity index is 1.58. The summed E-state index contributed by atoms with van der Waals surface area (Å²) in [5.41, 5.74) is 0.900. The topological polar surface area (TPSA) is 117 Å². The van der Waals surface area contributed by atoms with Crippen molar-refractivity contribution in [3.05, 3.63) is 99.8 Å². The molecule has 2 fully saturated rings. The molecule has 1 saturated heterocycles. The van der Waals surface area contributed by atoms with E-state index in [1.807, 2.05) is 30.3 Å². The van der Waals surface area contributed by atoms with Crippen LogP contribution in [0.4, 0.5) is 0 Å². The van der Waals surface area contributed by atoms with Crippen molar-refractivity contribution >= 4 is 45.1 Å². The maximum atomic E-state index is 14.5. The molecule has 2 N–H and O–H groups in total. The molecule has 3 aromatic rings. The van der Waals surface area contributed by atoms with E-state index in [1.54, 1.807) is 54.4 Å². The first-order chi connectivity index (χ1) is 20.0. The predicted molar refractivity (Wildman–Crippen MR) is 162 cm³/mol. The number of rotatable bonds is 11. The number of halogens is 2. The molecular weight excluding hydrogens is 597 g/mol. The van der Waals surface area contributed by atoms with Crippen LogP contribution in [0.5, 0.6) is 0 Å². The van der Waals surface area contributed by atoms with Gasteiger partial charge >= 0.3 is 5.97 Å². The minimum Gasteiger partial charge on any atom is -0.481 e. The summed E-state index contributed by atoms with van der Waals surface area (Å²) in [7, 11) is -3.78. The minimum absolute atomic E-state index is 0.00107. The average Bonchev–Trinajstić information content (AvgIpc) is 3.77. The van der Waals surface area contributed by atoms with E-state index in [2.05, 4.69) is 9.71 Å². The number of nitrogens with one attached hydrogen (secondary N) is 1. The van der Waals surface area contributed by atoms with E-state index in [0.717, 1.165) is 24.0 Å². The van der Waals surface area contributed by atoms with Gasteiger partial charge < -0.3 is 10.0 Å². The van der Waals surface area contributed by atoms with E-state index in [4.69, 9.17) is 23.2 Å². The van der Waals surface area contributed by atoms with Gasteiger partial charge in [-0.1, -0.05) is 60.5 Å². The van der Waals surface area contributed by atoms with Gasteiger partial charge in [0.25, 0.3) is 0 Å². The van der Waals surface area contributed by atoms with Crippen molar-refractivity contribution < 1.29 is 23.1 Å². The molecule has 42 heavy (non-hydrogen) atoms. The first-order valence-electron chi connectivity index (χ1n) is 13.9. The van der Waals surface area contributed by atoms with Gasteiger partial charge in [0.2, 0.25) is 15.9 Å². The molecule has 8 nitrogen and oxygen atoms in total. The standard InChI is InChI=1S/C31H33Cl2N3O5S/c1-31(17-28(37)38)16-26(22-5-4-6-24(33)15-22)29(21-10-12-23(32)13-11-21)36(30(31)39)27(20-8-9-20)18-35-42(40,41)19-25-7-2-3-14-34-25/h2-7,10-15,20,26-27,29,35H,8-9,16-19H2,1H3,(H,37,38)/t26-,27-,29?,31-/m1/s1. The number of carbonyl (C=O) groups is 2. The molecule has 2 aromatic carbocycles. The number of hydrogen-bond donors (Lipinski definition) is 2. The largest absolute Gasteiger partial charge is 0.481 e. The summed E-state index contributed by atoms with van der Waals surface area (Å²) in [5, 5.41) is 10.9. The summed E-state index contributed by atoms with van der Waals surface area (Å²) in [5.74, 6) is -1.91. The molecule has 1 saturated carbocycles. The Bertz CT molecular complexity index is 1550. The van der Waals surface area contributed by atoms with Gasteiger partial charge in [-0.2, -0.15) is 0 Å². The molecule has 1 aliphatic heterocycles. The molecule has 2 heterocycles. The number of sulfonamides is 1. The van der Waals surface area contributed by atoms with Crippen LogP contribution < -0.4 is 4.72 Å². The second kappa shape index (κ2) is 12.3. The van der Waals surface area contributed by atoms with E-state index in [-0.39, 0.29) is 42.9 Å². The number of carboxylic acids is 1. The van der Waals surface area contributed by atoms with E-state index < -0.39 is 33.5 Å². The first-order valence-corrected chi connectivity index (χ1v) is 16.3. The summed E-state index contributed by atoms with van der Waals surface area (Å²) in [6.07, 6.45) is 3.14. The SMILES string of the molecule is C[C@]1(CC(=O)O)C[C@H](c2cccc(Cl)c2)C(c2ccc(Cl)cc2)N([C@H](CNS(=O)(=O)Cc2ccccn2)C2CC2)C1=O. The lowest BCUT2D eigenvalue weighted by Crippen LogP contribution is -2.59. The number of carboxylic acid groups (broad SMARTS) is 1. The van der Waals surface area contributed by atoms with Crippen molar-refractivity contribution in [1.82, 2.24) is 14.6 Å². The molecule has 5 rings (SSSR count). The molecule has 4 atom stereocenters. The summed E-state index contributed by atoms with van der Waals surface area (Å²) >= 11 is 12.7. The summed E-state index contributed by atoms with van der Waals surface area (Å²) in [6, 6.07) is 18.8. The quantitative estimate of drug-likeness (QED) is 0.276. The highest BCUT2D eigenvalue weighted by Gasteiger charge is 2.54. The summed E-state index contributed by atoms with van der Waals surface area (Å²) in [4.78, 5) is 32.4. The van der Waals surface area contributed by atoms with Crippen LogP contribution in [0.15, 0.2) is 72.9 Å². The monoisotopic (exact) mass is 629 g/mol. The van der Waals surface area contributed by atoms with Crippen molar-refractivity contribution in [1.29, 1.82) is 0 Å². The zero-order valence-electron chi connectivity index (χ0n) is 23.1. The number of carbonyl (C=O) groups excluding carboxylic acids is 1. The number of benzene rings is 2. The van der Waals surface area contributed by atoms with Crippen LogP contribution in [0.3, 0.4) is 0 Å². The zero-order chi connectivity index (χ0) is 30.1. The number of hydrogen-bond acceptors (Lipinski definition) is 5. The Morgan fingerprint density at radius 2 is 1.81 bits per heavy atom. The molecule has 1 unspecified atom stereocenters. The summed E-state index contributed by atoms with van der Waals surface area (Å²) < 4.78 is 29.0. The maximum absolute atomic E-state index is 14.5. The Hall–Kier alpha value is -2.98. The van der Waals surface area contributed by atoms with Crippen LogP contribution in [0.25, 0.3) is 0 Å². The Kier molecular flexibility index (Phi) is 8.94. The van der Waals surface area contributed by atoms with Crippen molar-refractivity contribution in [3.63, 3.8) is 0 Å². The van der Waals surface area contributed by atoms with Gasteiger partial charge in [-0.25, -0.2) is 13.1 Å². The fourth-order valence-electron chi connectivity index (χ4n) is 6.16. The number of nitrogens with zero attached hydrogens (tertiary/aromatic N) is 2. The highest BCUT2D eigenvalue weighted by atomic mass is 35.5. The van der Waals surface area contributed by atoms with Crippen molar-refractivity contribution in [2.45, 2.75) is 56.4 Å². The van der Waals surface area contributed by atoms with Crippen LogP contribution in [-0.4, -0.2) is 47.9 Å². The first kappa shape index (κ1) is 30.5. The number of pyridine rings is 1. The molecule has 222 valence electrons. The van der Waals surface area contributed by atoms with Crippen LogP contribution in [-0.2, 0) is 25.4 Å². The molecule has 2 aliphatic rings. The van der Waals surface area contributed by atoms with Gasteiger partial charge in [-0.15, -0.1) is 0 Å². The molecule has 1 aliphatic carbocycles. The fraction of sp³-hybridized carbons (Fsp3) is 0.387. The van der Waals surface area contributed by atoms with Crippen molar-refractivity contribution in [2.24, 2.45) is 11.3 Å². The van der Waals surface area contributed by atoms with Crippen LogP contribution in [0.1, 0.15) is 61.4 Å². The second-order valence-electron chi connectivity index (χ2n) is 11.5. The third-order valence-electron chi connectivity index (χ3n) is 8.23. The Morgan fingerprint density at radius 1 is 1.07 bits per heavy atom. The molecule has 1 amide bonds. The molecule has 0 radical (unpaired) electrons. The number of likely N-dealkylation sites (tertiary alicyclic amines) is 1. The van der Waals surface area contributed by atoms with Crippen molar-refractivity contribution in [2.75, 3.05) is 6.54 Å². The minimum atomic E-state index is -3.78. The Morgan fingerprint density at radius 3 is 2.43 bits per heavy atom. The van der Waals surface area contributed by atoms with Crippen molar-refractivity contribution in [3.8, 4) is 0 Å². The predicted octanol–water partition coefficient (Wildman–Crippen LogP) is 5.82. The number of amides is 1. The van der Waals surface area contributed by atoms with Crippen LogP contribution >= 0.6 is 23.2 Å². The lowest BCUT2D eigenvalue weighted by Gasteiger charge is -2.52. The highest BCUT2D eigenvalue weighted by molar-refractivity contribution is 7.88. The highest BCUT2D eigenvalue weighted by Crippen LogP contribution is 2.54. The van der Waals surface area contributed by atoms with E-state index in [0.29, 0.717) is 15.7 Å². The lowest BCUT2D eigenvalue weighted by molar-refractivity contribution is -0.161. The van der Waals surface area contributed by atoms with E-state index in [9.17, 15) is 23.1 Å². The van der Waals surface area contributed by atoms with E-state index in [1.165, 1.54) is 0 Å². The van der Waals surface area contributed by atoms with Gasteiger partial charge in [-0.3, -0.25) is 14.6 Å². The van der Waals surface area contributed by atoms with Gasteiger partial charge in [0.1, 0.15) is 5.75 Å². The van der Waals surface area contributed by atoms with Gasteiger partial charge in [-0.05, 0) is 72.7 Å². The molecule has 1 aromatic heterocycles. The van der Waals surface area contributed by atoms with Gasteiger partial charge in [0.15, 0.2) is 0 Å². The molecule has 0 spiro atoms. The van der Waals surface area contributed by atoms with Gasteiger partial charge in [0.05, 0.1) is 23.6 Å². The number of aromatic nitrogens is 1. The van der Waals surface area contributed by atoms with Crippen LogP contribution in [0.2, 0.25) is 10.0 Å². The molecular formula is C31H33Cl2N3O5S. The molecule has 11 heteroatoms. The van der Waals surface area contributed by atoms with Crippen LogP contribution in [0, 0.1) is 11.3 Å². The smallest absolute Gasteiger partial charge is 0.304 e. The molecule has 0 bridgehead atoms. The number of piperidine rings is 1. The van der Waals surface area contributed by atoms with E-state index >= 15 is 0 Å².